The SMILES string of the molecule is COC(=O)c1cc(OC)c(OC)c(OC)c1N(C1=CC(=O)C(OC)=CC1=O)S(C)(=O)=O. The fourth-order valence-corrected chi connectivity index (χ4v) is 3.93. The number of anilines is 1. The highest BCUT2D eigenvalue weighted by molar-refractivity contribution is 7.92. The van der Waals surface area contributed by atoms with E-state index < -0.39 is 38.9 Å². The fraction of sp³-hybridized carbons (Fsp3) is 0.316. The van der Waals surface area contributed by atoms with Crippen LogP contribution in [0.1, 0.15) is 10.4 Å². The summed E-state index contributed by atoms with van der Waals surface area (Å²) in [6, 6.07) is 1.17. The second-order valence-electron chi connectivity index (χ2n) is 6.03. The molecule has 0 atom stereocenters. The Balaban J connectivity index is 2.99. The Bertz CT molecular complexity index is 1100. The topological polar surface area (TPSA) is 135 Å². The van der Waals surface area contributed by atoms with Crippen LogP contribution in [0.2, 0.25) is 0 Å². The molecule has 31 heavy (non-hydrogen) atoms. The number of hydrogen-bond acceptors (Lipinski definition) is 10. The average Bonchev–Trinajstić information content (AvgIpc) is 2.73. The Hall–Kier alpha value is -3.54. The minimum atomic E-state index is -4.30. The van der Waals surface area contributed by atoms with Gasteiger partial charge in [-0.25, -0.2) is 17.5 Å². The Labute approximate surface area is 178 Å². The summed E-state index contributed by atoms with van der Waals surface area (Å²) in [5.41, 5.74) is -1.26. The van der Waals surface area contributed by atoms with E-state index in [0.717, 1.165) is 25.5 Å². The third kappa shape index (κ3) is 4.33. The molecule has 0 bridgehead atoms. The smallest absolute Gasteiger partial charge is 0.340 e. The summed E-state index contributed by atoms with van der Waals surface area (Å²) in [5.74, 6) is -3.07. The van der Waals surface area contributed by atoms with Crippen LogP contribution in [0.4, 0.5) is 5.69 Å². The Morgan fingerprint density at radius 2 is 1.48 bits per heavy atom. The van der Waals surface area contributed by atoms with Gasteiger partial charge in [-0.2, -0.15) is 0 Å². The van der Waals surface area contributed by atoms with Crippen molar-refractivity contribution in [1.82, 2.24) is 0 Å². The van der Waals surface area contributed by atoms with Gasteiger partial charge in [-0.3, -0.25) is 9.59 Å². The van der Waals surface area contributed by atoms with Crippen molar-refractivity contribution in [1.29, 1.82) is 0 Å². The lowest BCUT2D eigenvalue weighted by Crippen LogP contribution is -2.36. The molecule has 0 aliphatic heterocycles. The molecular formula is C19H21NO10S. The van der Waals surface area contributed by atoms with Gasteiger partial charge in [0.15, 0.2) is 17.3 Å². The molecule has 1 aliphatic rings. The number of carbonyl (C=O) groups excluding carboxylic acids is 3. The molecule has 0 unspecified atom stereocenters. The maximum absolute atomic E-state index is 12.8. The summed E-state index contributed by atoms with van der Waals surface area (Å²) in [5, 5.41) is 0. The van der Waals surface area contributed by atoms with Gasteiger partial charge in [-0.1, -0.05) is 0 Å². The third-order valence-corrected chi connectivity index (χ3v) is 5.25. The lowest BCUT2D eigenvalue weighted by molar-refractivity contribution is -0.117. The quantitative estimate of drug-likeness (QED) is 0.410. The van der Waals surface area contributed by atoms with Gasteiger partial charge < -0.3 is 23.7 Å². The molecule has 0 heterocycles. The number of esters is 1. The molecule has 12 heteroatoms. The van der Waals surface area contributed by atoms with E-state index in [1.807, 2.05) is 0 Å². The molecule has 1 aromatic rings. The molecule has 1 aliphatic carbocycles. The Morgan fingerprint density at radius 1 is 0.871 bits per heavy atom. The van der Waals surface area contributed by atoms with E-state index in [2.05, 4.69) is 0 Å². The minimum absolute atomic E-state index is 0.0403. The third-order valence-electron chi connectivity index (χ3n) is 4.21. The van der Waals surface area contributed by atoms with Crippen molar-refractivity contribution in [3.8, 4) is 17.2 Å². The number of rotatable bonds is 8. The van der Waals surface area contributed by atoms with Gasteiger partial charge in [-0.05, 0) is 0 Å². The van der Waals surface area contributed by atoms with Crippen molar-refractivity contribution >= 4 is 33.2 Å². The van der Waals surface area contributed by atoms with Crippen LogP contribution < -0.4 is 18.5 Å². The van der Waals surface area contributed by atoms with Crippen LogP contribution in [0.3, 0.4) is 0 Å². The van der Waals surface area contributed by atoms with Crippen LogP contribution >= 0.6 is 0 Å². The van der Waals surface area contributed by atoms with Gasteiger partial charge in [0.25, 0.3) is 0 Å². The maximum atomic E-state index is 12.8. The number of allylic oxidation sites excluding steroid dienone is 2. The summed E-state index contributed by atoms with van der Waals surface area (Å²) < 4.78 is 51.5. The minimum Gasteiger partial charge on any atom is -0.493 e. The number of sulfonamides is 1. The Kier molecular flexibility index (Phi) is 6.95. The molecule has 0 N–H and O–H groups in total. The van der Waals surface area contributed by atoms with Crippen LogP contribution in [-0.4, -0.2) is 67.8 Å². The normalized spacial score (nSPS) is 13.7. The highest BCUT2D eigenvalue weighted by Gasteiger charge is 2.38. The first-order chi connectivity index (χ1) is 14.5. The molecule has 1 aromatic carbocycles. The molecule has 0 fully saturated rings. The zero-order valence-electron chi connectivity index (χ0n) is 17.7. The molecular weight excluding hydrogens is 434 g/mol. The second kappa shape index (κ2) is 9.08. The molecule has 0 amide bonds. The largest absolute Gasteiger partial charge is 0.493 e. The summed E-state index contributed by atoms with van der Waals surface area (Å²) in [4.78, 5) is 37.5. The number of nitrogens with zero attached hydrogens (tertiary/aromatic N) is 1. The van der Waals surface area contributed by atoms with Gasteiger partial charge in [0.2, 0.25) is 27.3 Å². The van der Waals surface area contributed by atoms with Crippen molar-refractivity contribution in [2.24, 2.45) is 0 Å². The van der Waals surface area contributed by atoms with E-state index in [4.69, 9.17) is 23.7 Å². The van der Waals surface area contributed by atoms with E-state index in [9.17, 15) is 22.8 Å². The molecule has 11 nitrogen and oxygen atoms in total. The van der Waals surface area contributed by atoms with Crippen LogP contribution in [0, 0.1) is 0 Å². The number of methoxy groups -OCH3 is 5. The predicted octanol–water partition coefficient (Wildman–Crippen LogP) is 0.831. The fourth-order valence-electron chi connectivity index (χ4n) is 2.92. The van der Waals surface area contributed by atoms with E-state index in [0.29, 0.717) is 4.31 Å². The first-order valence-electron chi connectivity index (χ1n) is 8.53. The van der Waals surface area contributed by atoms with Crippen molar-refractivity contribution in [3.05, 3.63) is 35.2 Å². The van der Waals surface area contributed by atoms with Gasteiger partial charge in [0, 0.05) is 18.2 Å². The predicted molar refractivity (Wildman–Crippen MR) is 108 cm³/mol. The molecule has 0 aromatic heterocycles. The lowest BCUT2D eigenvalue weighted by Gasteiger charge is -2.29. The van der Waals surface area contributed by atoms with Crippen molar-refractivity contribution in [3.63, 3.8) is 0 Å². The zero-order valence-corrected chi connectivity index (χ0v) is 18.5. The number of ketones is 2. The lowest BCUT2D eigenvalue weighted by atomic mass is 10.1. The summed E-state index contributed by atoms with van der Waals surface area (Å²) in [6.07, 6.45) is 2.43. The monoisotopic (exact) mass is 455 g/mol. The molecule has 0 saturated heterocycles. The van der Waals surface area contributed by atoms with E-state index in [1.54, 1.807) is 0 Å². The van der Waals surface area contributed by atoms with Crippen LogP contribution in [0.5, 0.6) is 17.2 Å². The first-order valence-corrected chi connectivity index (χ1v) is 10.4. The van der Waals surface area contributed by atoms with Gasteiger partial charge in [-0.15, -0.1) is 0 Å². The average molecular weight is 455 g/mol. The van der Waals surface area contributed by atoms with E-state index in [-0.39, 0.29) is 28.6 Å². The zero-order chi connectivity index (χ0) is 23.5. The van der Waals surface area contributed by atoms with Crippen LogP contribution in [0.15, 0.2) is 29.7 Å². The second-order valence-corrected chi connectivity index (χ2v) is 7.86. The molecule has 0 saturated carbocycles. The summed E-state index contributed by atoms with van der Waals surface area (Å²) in [7, 11) is 1.75. The van der Waals surface area contributed by atoms with E-state index in [1.165, 1.54) is 34.5 Å². The van der Waals surface area contributed by atoms with Gasteiger partial charge in [0.05, 0.1) is 47.4 Å². The van der Waals surface area contributed by atoms with E-state index >= 15 is 0 Å². The number of benzene rings is 1. The van der Waals surface area contributed by atoms with Crippen molar-refractivity contribution < 1.29 is 46.5 Å². The molecule has 2 rings (SSSR count). The maximum Gasteiger partial charge on any atom is 0.340 e. The number of hydrogen-bond donors (Lipinski definition) is 0. The van der Waals surface area contributed by atoms with Crippen molar-refractivity contribution in [2.75, 3.05) is 46.1 Å². The molecule has 168 valence electrons. The van der Waals surface area contributed by atoms with Gasteiger partial charge >= 0.3 is 5.97 Å². The summed E-state index contributed by atoms with van der Waals surface area (Å²) >= 11 is 0. The van der Waals surface area contributed by atoms with Crippen LogP contribution in [0.25, 0.3) is 0 Å². The summed E-state index contributed by atoms with van der Waals surface area (Å²) in [6.45, 7) is 0. The standard InChI is InChI=1S/C19H21NO10S/c1-26-14-9-12(21)11(8-13(14)22)20(31(6,24)25)16-10(19(23)30-5)7-15(27-2)17(28-3)18(16)29-4/h7-9H,1-6H3. The molecule has 0 radical (unpaired) electrons. The van der Waals surface area contributed by atoms with Gasteiger partial charge in [0.1, 0.15) is 11.4 Å². The highest BCUT2D eigenvalue weighted by atomic mass is 32.2. The Morgan fingerprint density at radius 3 is 1.94 bits per heavy atom. The highest BCUT2D eigenvalue weighted by Crippen LogP contribution is 2.49. The first kappa shape index (κ1) is 23.7. The van der Waals surface area contributed by atoms with Crippen molar-refractivity contribution in [2.45, 2.75) is 0 Å². The number of ether oxygens (including phenoxy) is 5. The molecule has 0 spiro atoms. The number of carbonyl (C=O) groups is 3. The van der Waals surface area contributed by atoms with Crippen LogP contribution in [-0.2, 0) is 29.1 Å².